The van der Waals surface area contributed by atoms with Crippen LogP contribution in [0.25, 0.3) is 0 Å². The van der Waals surface area contributed by atoms with Crippen molar-refractivity contribution in [1.82, 2.24) is 0 Å². The summed E-state index contributed by atoms with van der Waals surface area (Å²) >= 11 is 5.38. The normalized spacial score (nSPS) is 20.0. The molecule has 0 saturated carbocycles. The minimum absolute atomic E-state index is 0.172. The van der Waals surface area contributed by atoms with Gasteiger partial charge in [0.1, 0.15) is 5.78 Å². The van der Waals surface area contributed by atoms with E-state index in [1.807, 2.05) is 0 Å². The zero-order valence-corrected chi connectivity index (χ0v) is 17.6. The number of Topliss-reactive ketones (excluding diaryl/α,β-unsaturated/α-hetero) is 1. The predicted molar refractivity (Wildman–Crippen MR) is 107 cm³/mol. The Balaban J connectivity index is 2.69. The largest absolute Gasteiger partial charge is 0.359 e. The molecule has 0 aliphatic carbocycles. The molecule has 0 atom stereocenters. The summed E-state index contributed by atoms with van der Waals surface area (Å²) in [5.74, 6) is 0.369. The van der Waals surface area contributed by atoms with E-state index in [0.717, 1.165) is 0 Å². The summed E-state index contributed by atoms with van der Waals surface area (Å²) in [5, 5.41) is 0. The molecule has 0 N–H and O–H groups in total. The van der Waals surface area contributed by atoms with E-state index in [0.29, 0.717) is 18.6 Å². The molecule has 1 aliphatic heterocycles. The number of carbonyl (C=O) groups is 1. The van der Waals surface area contributed by atoms with Gasteiger partial charge in [0.25, 0.3) is 0 Å². The van der Waals surface area contributed by atoms with E-state index in [-0.39, 0.29) is 11.1 Å². The third-order valence-electron chi connectivity index (χ3n) is 4.38. The van der Waals surface area contributed by atoms with E-state index in [1.165, 1.54) is 20.4 Å². The average molecular weight is 370 g/mol. The first-order valence-corrected chi connectivity index (χ1v) is 11.5. The van der Waals surface area contributed by atoms with Crippen molar-refractivity contribution < 1.29 is 4.79 Å². The monoisotopic (exact) mass is 369 g/mol. The minimum atomic E-state index is -0.172. The molecule has 0 spiro atoms. The first-order chi connectivity index (χ1) is 10.7. The van der Waals surface area contributed by atoms with Crippen LogP contribution in [0.15, 0.2) is 26.8 Å². The molecule has 1 saturated heterocycles. The predicted octanol–water partition coefficient (Wildman–Crippen LogP) is 5.58. The second kappa shape index (κ2) is 6.93. The van der Waals surface area contributed by atoms with Gasteiger partial charge in [0.2, 0.25) is 0 Å². The van der Waals surface area contributed by atoms with E-state index in [2.05, 4.69) is 63.5 Å². The number of hydrogen-bond donors (Lipinski definition) is 0. The van der Waals surface area contributed by atoms with Gasteiger partial charge in [-0.25, -0.2) is 0 Å². The molecule has 2 rings (SSSR count). The second-order valence-electron chi connectivity index (χ2n) is 7.23. The van der Waals surface area contributed by atoms with Gasteiger partial charge in [-0.2, -0.15) is 0 Å². The zero-order chi connectivity index (χ0) is 17.4. The van der Waals surface area contributed by atoms with E-state index in [4.69, 9.17) is 0 Å². The average Bonchev–Trinajstić information content (AvgIpc) is 2.44. The third kappa shape index (κ3) is 3.72. The minimum Gasteiger partial charge on any atom is -0.359 e. The van der Waals surface area contributed by atoms with Crippen LogP contribution in [0.3, 0.4) is 0 Å². The molecular weight excluding hydrogens is 342 g/mol. The van der Waals surface area contributed by atoms with Crippen LogP contribution in [0.4, 0.5) is 5.69 Å². The van der Waals surface area contributed by atoms with Crippen LogP contribution < -0.4 is 4.90 Å². The van der Waals surface area contributed by atoms with Crippen LogP contribution in [0.5, 0.6) is 0 Å². The van der Waals surface area contributed by atoms with Gasteiger partial charge in [-0.05, 0) is 58.6 Å². The number of carbonyl (C=O) groups excluding carboxylic acids is 1. The highest BCUT2D eigenvalue weighted by molar-refractivity contribution is 8.00. The number of thioether (sulfide) groups is 3. The quantitative estimate of drug-likeness (QED) is 0.644. The molecule has 5 heteroatoms. The van der Waals surface area contributed by atoms with E-state index >= 15 is 0 Å². The number of benzene rings is 1. The fourth-order valence-corrected chi connectivity index (χ4v) is 5.78. The van der Waals surface area contributed by atoms with E-state index in [9.17, 15) is 4.79 Å². The third-order valence-corrected chi connectivity index (χ3v) is 6.59. The molecule has 0 bridgehead atoms. The Morgan fingerprint density at radius 1 is 0.870 bits per heavy atom. The molecule has 1 heterocycles. The Kier molecular flexibility index (Phi) is 5.74. The van der Waals surface area contributed by atoms with Crippen LogP contribution >= 0.6 is 35.3 Å². The molecular formula is C18H27NOS3. The molecule has 0 radical (unpaired) electrons. The highest BCUT2D eigenvalue weighted by atomic mass is 32.2. The van der Waals surface area contributed by atoms with Crippen molar-refractivity contribution in [2.45, 2.75) is 66.3 Å². The van der Waals surface area contributed by atoms with Crippen LogP contribution in [-0.2, 0) is 4.79 Å². The van der Waals surface area contributed by atoms with Crippen molar-refractivity contribution in [1.29, 1.82) is 0 Å². The standard InChI is InChI=1S/C18H27NOS3/c1-17(2)10-12(20)11-18(3,4)19(17)16-14(22-6)8-13(21-5)9-15(16)23-7/h8-9H,10-11H2,1-7H3. The lowest BCUT2D eigenvalue weighted by Crippen LogP contribution is -2.61. The van der Waals surface area contributed by atoms with Crippen molar-refractivity contribution in [3.63, 3.8) is 0 Å². The summed E-state index contributed by atoms with van der Waals surface area (Å²) in [6.07, 6.45) is 7.63. The van der Waals surface area contributed by atoms with Crippen molar-refractivity contribution in [2.75, 3.05) is 23.7 Å². The smallest absolute Gasteiger partial charge is 0.137 e. The molecule has 1 aromatic rings. The maximum absolute atomic E-state index is 12.2. The summed E-state index contributed by atoms with van der Waals surface area (Å²) in [6.45, 7) is 8.79. The van der Waals surface area contributed by atoms with Crippen molar-refractivity contribution in [2.24, 2.45) is 0 Å². The molecule has 1 aromatic carbocycles. The lowest BCUT2D eigenvalue weighted by molar-refractivity contribution is -0.123. The molecule has 0 unspecified atom stereocenters. The van der Waals surface area contributed by atoms with E-state index < -0.39 is 0 Å². The topological polar surface area (TPSA) is 20.3 Å². The Hall–Kier alpha value is -0.260. The summed E-state index contributed by atoms with van der Waals surface area (Å²) in [5.41, 5.74) is 0.953. The Labute approximate surface area is 153 Å². The lowest BCUT2D eigenvalue weighted by atomic mass is 9.78. The van der Waals surface area contributed by atoms with Crippen molar-refractivity contribution >= 4 is 46.8 Å². The summed E-state index contributed by atoms with van der Waals surface area (Å²) in [7, 11) is 0. The number of piperidine rings is 1. The molecule has 128 valence electrons. The first kappa shape index (κ1) is 19.1. The SMILES string of the molecule is CSc1cc(SC)c(N2C(C)(C)CC(=O)CC2(C)C)c(SC)c1. The number of anilines is 1. The highest BCUT2D eigenvalue weighted by Gasteiger charge is 2.46. The van der Waals surface area contributed by atoms with Gasteiger partial charge in [0.05, 0.1) is 5.69 Å². The Morgan fingerprint density at radius 2 is 1.30 bits per heavy atom. The van der Waals surface area contributed by atoms with Crippen LogP contribution in [0.1, 0.15) is 40.5 Å². The fraction of sp³-hybridized carbons (Fsp3) is 0.611. The van der Waals surface area contributed by atoms with E-state index in [1.54, 1.807) is 35.3 Å². The van der Waals surface area contributed by atoms with Crippen molar-refractivity contribution in [3.8, 4) is 0 Å². The highest BCUT2D eigenvalue weighted by Crippen LogP contribution is 2.48. The maximum Gasteiger partial charge on any atom is 0.137 e. The van der Waals surface area contributed by atoms with Gasteiger partial charge in [-0.3, -0.25) is 4.79 Å². The zero-order valence-electron chi connectivity index (χ0n) is 15.1. The molecule has 0 amide bonds. The van der Waals surface area contributed by atoms with Crippen LogP contribution in [0.2, 0.25) is 0 Å². The molecule has 0 aromatic heterocycles. The number of hydrogen-bond acceptors (Lipinski definition) is 5. The fourth-order valence-electron chi connectivity index (χ4n) is 3.82. The summed E-state index contributed by atoms with van der Waals surface area (Å²) in [6, 6.07) is 4.57. The summed E-state index contributed by atoms with van der Waals surface area (Å²) in [4.78, 5) is 18.6. The maximum atomic E-state index is 12.2. The van der Waals surface area contributed by atoms with Gasteiger partial charge in [-0.1, -0.05) is 0 Å². The van der Waals surface area contributed by atoms with Gasteiger partial charge in [-0.15, -0.1) is 35.3 Å². The van der Waals surface area contributed by atoms with Gasteiger partial charge >= 0.3 is 0 Å². The second-order valence-corrected chi connectivity index (χ2v) is 9.81. The lowest BCUT2D eigenvalue weighted by Gasteiger charge is -2.54. The van der Waals surface area contributed by atoms with Crippen molar-refractivity contribution in [3.05, 3.63) is 12.1 Å². The summed E-state index contributed by atoms with van der Waals surface area (Å²) < 4.78 is 0. The Morgan fingerprint density at radius 3 is 1.65 bits per heavy atom. The van der Waals surface area contributed by atoms with Gasteiger partial charge in [0, 0.05) is 38.6 Å². The number of nitrogens with zero attached hydrogens (tertiary/aromatic N) is 1. The first-order valence-electron chi connectivity index (χ1n) is 7.78. The Bertz CT molecular complexity index is 565. The van der Waals surface area contributed by atoms with Gasteiger partial charge in [0.15, 0.2) is 0 Å². The number of ketones is 1. The molecule has 1 fully saturated rings. The van der Waals surface area contributed by atoms with Crippen LogP contribution in [0, 0.1) is 0 Å². The molecule has 1 aliphatic rings. The van der Waals surface area contributed by atoms with Gasteiger partial charge < -0.3 is 4.90 Å². The molecule has 2 nitrogen and oxygen atoms in total. The number of rotatable bonds is 4. The molecule has 23 heavy (non-hydrogen) atoms. The van der Waals surface area contributed by atoms with Crippen LogP contribution in [-0.4, -0.2) is 35.6 Å².